The van der Waals surface area contributed by atoms with Crippen molar-refractivity contribution in [1.29, 1.82) is 0 Å². The minimum absolute atomic E-state index is 0.286. The Kier molecular flexibility index (Phi) is 8.43. The lowest BCUT2D eigenvalue weighted by atomic mass is 10.2. The molecule has 168 valence electrons. The molecule has 0 aliphatic carbocycles. The number of piperazine rings is 1. The molecule has 9 heteroatoms. The number of ether oxygens (including phenoxy) is 1. The molecule has 1 fully saturated rings. The maximum atomic E-state index is 12.3. The molecule has 1 heterocycles. The van der Waals surface area contributed by atoms with Crippen LogP contribution in [-0.2, 0) is 4.74 Å². The second kappa shape index (κ2) is 10.4. The molecule has 30 heavy (non-hydrogen) atoms. The molecule has 1 amide bonds. The first-order valence-electron chi connectivity index (χ1n) is 10.4. The number of hydrogen-bond acceptors (Lipinski definition) is 5. The van der Waals surface area contributed by atoms with Gasteiger partial charge >= 0.3 is 6.09 Å². The fraction of sp³-hybridized carbons (Fsp3) is 0.619. The molecule has 1 aliphatic heterocycles. The number of thiocarbonyl (C=S) groups is 1. The summed E-state index contributed by atoms with van der Waals surface area (Å²) in [7, 11) is 0. The quantitative estimate of drug-likeness (QED) is 0.446. The number of carbonyl (C=O) groups excluding carboxylic acids is 1. The fourth-order valence-corrected chi connectivity index (χ4v) is 3.79. The number of anilines is 3. The molecule has 4 N–H and O–H groups in total. The topological polar surface area (TPSA) is 82.9 Å². The number of nitrogens with two attached hydrogens (primary N) is 1. The van der Waals surface area contributed by atoms with Crippen molar-refractivity contribution in [2.75, 3.05) is 42.1 Å². The number of hydrogen-bond donors (Lipinski definition) is 3. The van der Waals surface area contributed by atoms with Gasteiger partial charge in [0.2, 0.25) is 0 Å². The van der Waals surface area contributed by atoms with Gasteiger partial charge in [0.25, 0.3) is 0 Å². The van der Waals surface area contributed by atoms with Crippen molar-refractivity contribution in [3.05, 3.63) is 17.2 Å². The lowest BCUT2D eigenvalue weighted by Gasteiger charge is -2.37. The summed E-state index contributed by atoms with van der Waals surface area (Å²) < 4.78 is 5.47. The number of nitrogen functional groups attached to an aromatic ring is 1. The highest BCUT2D eigenvalue weighted by atomic mass is 35.5. The predicted molar refractivity (Wildman–Crippen MR) is 130 cm³/mol. The molecule has 0 spiro atoms. The van der Waals surface area contributed by atoms with Gasteiger partial charge in [-0.1, -0.05) is 25.4 Å². The molecule has 0 saturated carbocycles. The first-order valence-corrected chi connectivity index (χ1v) is 11.2. The van der Waals surface area contributed by atoms with Gasteiger partial charge < -0.3 is 30.9 Å². The van der Waals surface area contributed by atoms with Gasteiger partial charge in [0.05, 0.1) is 22.1 Å². The Morgan fingerprint density at radius 2 is 1.83 bits per heavy atom. The van der Waals surface area contributed by atoms with Crippen LogP contribution in [-0.4, -0.2) is 53.9 Å². The molecule has 7 nitrogen and oxygen atoms in total. The monoisotopic (exact) mass is 455 g/mol. The summed E-state index contributed by atoms with van der Waals surface area (Å²) in [5, 5.41) is 7.61. The van der Waals surface area contributed by atoms with Gasteiger partial charge in [-0.25, -0.2) is 4.79 Å². The van der Waals surface area contributed by atoms with Crippen LogP contribution in [0.15, 0.2) is 12.1 Å². The zero-order valence-electron chi connectivity index (χ0n) is 18.5. The molecular formula is C21H34ClN5O2S. The number of nitrogens with one attached hydrogen (secondary N) is 2. The van der Waals surface area contributed by atoms with Crippen LogP contribution >= 0.6 is 23.8 Å². The Morgan fingerprint density at radius 3 is 2.37 bits per heavy atom. The first-order chi connectivity index (χ1) is 14.0. The van der Waals surface area contributed by atoms with Crippen molar-refractivity contribution in [2.24, 2.45) is 0 Å². The average molecular weight is 456 g/mol. The smallest absolute Gasteiger partial charge is 0.410 e. The highest BCUT2D eigenvalue weighted by molar-refractivity contribution is 7.80. The molecule has 1 aliphatic rings. The van der Waals surface area contributed by atoms with E-state index >= 15 is 0 Å². The molecule has 0 radical (unpaired) electrons. The van der Waals surface area contributed by atoms with Crippen LogP contribution in [0.25, 0.3) is 0 Å². The van der Waals surface area contributed by atoms with E-state index in [2.05, 4.69) is 29.4 Å². The number of carbonyl (C=O) groups is 1. The Bertz CT molecular complexity index is 756. The minimum Gasteiger partial charge on any atom is -0.444 e. The van der Waals surface area contributed by atoms with Crippen molar-refractivity contribution < 1.29 is 9.53 Å². The number of halogens is 1. The van der Waals surface area contributed by atoms with E-state index in [-0.39, 0.29) is 6.09 Å². The van der Waals surface area contributed by atoms with Crippen molar-refractivity contribution in [1.82, 2.24) is 10.2 Å². The third-order valence-corrected chi connectivity index (χ3v) is 5.48. The summed E-state index contributed by atoms with van der Waals surface area (Å²) in [5.41, 5.74) is 7.77. The maximum Gasteiger partial charge on any atom is 0.410 e. The van der Waals surface area contributed by atoms with Crippen LogP contribution in [0.4, 0.5) is 21.9 Å². The minimum atomic E-state index is -0.504. The van der Waals surface area contributed by atoms with Gasteiger partial charge in [0.1, 0.15) is 5.60 Å². The highest BCUT2D eigenvalue weighted by Gasteiger charge is 2.27. The van der Waals surface area contributed by atoms with Crippen LogP contribution in [0.1, 0.15) is 47.5 Å². The third-order valence-electron chi connectivity index (χ3n) is 4.96. The lowest BCUT2D eigenvalue weighted by Crippen LogP contribution is -2.50. The van der Waals surface area contributed by atoms with Crippen LogP contribution in [0.2, 0.25) is 5.02 Å². The van der Waals surface area contributed by atoms with Gasteiger partial charge in [-0.2, -0.15) is 0 Å². The largest absolute Gasteiger partial charge is 0.444 e. The zero-order valence-corrected chi connectivity index (χ0v) is 20.1. The molecule has 0 atom stereocenters. The van der Waals surface area contributed by atoms with Gasteiger partial charge in [0.15, 0.2) is 5.11 Å². The maximum absolute atomic E-state index is 12.3. The molecule has 1 aromatic rings. The molecule has 0 aromatic heterocycles. The molecular weight excluding hydrogens is 422 g/mol. The van der Waals surface area contributed by atoms with E-state index in [0.29, 0.717) is 53.7 Å². The number of nitrogens with zero attached hydrogens (tertiary/aromatic N) is 2. The second-order valence-electron chi connectivity index (χ2n) is 8.46. The summed E-state index contributed by atoms with van der Waals surface area (Å²) in [4.78, 5) is 16.2. The first kappa shape index (κ1) is 24.3. The van der Waals surface area contributed by atoms with Crippen LogP contribution < -0.4 is 21.3 Å². The molecule has 0 bridgehead atoms. The predicted octanol–water partition coefficient (Wildman–Crippen LogP) is 4.45. The van der Waals surface area contributed by atoms with Gasteiger partial charge in [-0.15, -0.1) is 0 Å². The number of benzene rings is 1. The Balaban J connectivity index is 2.06. The second-order valence-corrected chi connectivity index (χ2v) is 9.27. The van der Waals surface area contributed by atoms with Crippen molar-refractivity contribution in [3.8, 4) is 0 Å². The normalized spacial score (nSPS) is 14.6. The van der Waals surface area contributed by atoms with E-state index in [1.54, 1.807) is 11.0 Å². The third kappa shape index (κ3) is 6.80. The Morgan fingerprint density at radius 1 is 1.23 bits per heavy atom. The number of rotatable bonds is 5. The molecule has 1 saturated heterocycles. The zero-order chi connectivity index (χ0) is 22.5. The molecule has 2 rings (SSSR count). The summed E-state index contributed by atoms with van der Waals surface area (Å²) in [6.07, 6.45) is 1.69. The fourth-order valence-electron chi connectivity index (χ4n) is 3.22. The van der Waals surface area contributed by atoms with E-state index in [9.17, 15) is 4.79 Å². The average Bonchev–Trinajstić information content (AvgIpc) is 2.67. The van der Waals surface area contributed by atoms with Crippen molar-refractivity contribution >= 4 is 52.1 Å². The van der Waals surface area contributed by atoms with Gasteiger partial charge in [-0.3, -0.25) is 0 Å². The van der Waals surface area contributed by atoms with E-state index in [0.717, 1.165) is 18.5 Å². The summed E-state index contributed by atoms with van der Waals surface area (Å²) >= 11 is 11.9. The SMILES string of the molecule is CCC(CC)NC(=S)Nc1cc(N2CCN(C(=O)OC(C)(C)C)CC2)c(Cl)cc1N. The van der Waals surface area contributed by atoms with E-state index < -0.39 is 5.60 Å². The van der Waals surface area contributed by atoms with Crippen molar-refractivity contribution in [2.45, 2.75) is 59.1 Å². The van der Waals surface area contributed by atoms with Crippen LogP contribution in [0, 0.1) is 0 Å². The van der Waals surface area contributed by atoms with Crippen LogP contribution in [0.3, 0.4) is 0 Å². The van der Waals surface area contributed by atoms with Crippen LogP contribution in [0.5, 0.6) is 0 Å². The summed E-state index contributed by atoms with van der Waals surface area (Å²) in [6, 6.07) is 3.97. The summed E-state index contributed by atoms with van der Waals surface area (Å²) in [6.45, 7) is 12.3. The lowest BCUT2D eigenvalue weighted by molar-refractivity contribution is 0.0240. The molecule has 0 unspecified atom stereocenters. The number of amides is 1. The van der Waals surface area contributed by atoms with Gasteiger partial charge in [0, 0.05) is 32.2 Å². The Labute approximate surface area is 190 Å². The molecule has 1 aromatic carbocycles. The summed E-state index contributed by atoms with van der Waals surface area (Å²) in [5.74, 6) is 0. The van der Waals surface area contributed by atoms with E-state index in [4.69, 9.17) is 34.3 Å². The Hall–Kier alpha value is -1.93. The van der Waals surface area contributed by atoms with E-state index in [1.807, 2.05) is 26.8 Å². The van der Waals surface area contributed by atoms with E-state index in [1.165, 1.54) is 0 Å². The van der Waals surface area contributed by atoms with Crippen molar-refractivity contribution in [3.63, 3.8) is 0 Å². The standard InChI is InChI=1S/C21H34ClN5O2S/c1-6-14(7-2)24-19(30)25-17-13-18(15(22)12-16(17)23)26-8-10-27(11-9-26)20(28)29-21(3,4)5/h12-14H,6-11,23H2,1-5H3,(H2,24,25,30). The van der Waals surface area contributed by atoms with Gasteiger partial charge in [-0.05, 0) is 58.0 Å². The highest BCUT2D eigenvalue weighted by Crippen LogP contribution is 2.34.